The first kappa shape index (κ1) is 21.8. The maximum absolute atomic E-state index is 13.0. The number of hydrogen-bond donors (Lipinski definition) is 3. The van der Waals surface area contributed by atoms with Gasteiger partial charge in [0.15, 0.2) is 0 Å². The maximum atomic E-state index is 13.0. The number of carboxylic acid groups (broad SMARTS) is 1. The number of aryl methyl sites for hydroxylation is 2. The molecule has 0 saturated heterocycles. The Labute approximate surface area is 188 Å². The molecule has 2 aromatic carbocycles. The van der Waals surface area contributed by atoms with Gasteiger partial charge in [-0.3, -0.25) is 9.59 Å². The zero-order chi connectivity index (χ0) is 23.7. The van der Waals surface area contributed by atoms with Crippen molar-refractivity contribution in [1.82, 2.24) is 14.9 Å². The summed E-state index contributed by atoms with van der Waals surface area (Å²) in [7, 11) is 0. The van der Waals surface area contributed by atoms with Crippen molar-refractivity contribution in [2.45, 2.75) is 20.4 Å². The van der Waals surface area contributed by atoms with Gasteiger partial charge in [-0.2, -0.15) is 0 Å². The van der Waals surface area contributed by atoms with Gasteiger partial charge in [0.05, 0.1) is 17.6 Å². The van der Waals surface area contributed by atoms with Gasteiger partial charge in [0.25, 0.3) is 11.1 Å². The highest BCUT2D eigenvalue weighted by Crippen LogP contribution is 2.27. The fraction of sp³-hybridized carbons (Fsp3) is 0.120. The van der Waals surface area contributed by atoms with Crippen molar-refractivity contribution in [2.24, 2.45) is 0 Å². The zero-order valence-electron chi connectivity index (χ0n) is 18.0. The van der Waals surface area contributed by atoms with Crippen molar-refractivity contribution >= 4 is 22.9 Å². The second-order valence-electron chi connectivity index (χ2n) is 7.73. The number of aromatic carboxylic acids is 1. The van der Waals surface area contributed by atoms with Gasteiger partial charge in [0.1, 0.15) is 0 Å². The highest BCUT2D eigenvalue weighted by Gasteiger charge is 2.16. The molecule has 0 aliphatic rings. The average Bonchev–Trinajstić information content (AvgIpc) is 2.77. The summed E-state index contributed by atoms with van der Waals surface area (Å²) in [6, 6.07) is 15.6. The zero-order valence-corrected chi connectivity index (χ0v) is 18.0. The molecule has 33 heavy (non-hydrogen) atoms. The molecule has 0 radical (unpaired) electrons. The highest BCUT2D eigenvalue weighted by atomic mass is 16.4. The van der Waals surface area contributed by atoms with E-state index in [0.29, 0.717) is 33.3 Å². The molecule has 0 atom stereocenters. The largest absolute Gasteiger partial charge is 0.478 e. The molecule has 8 nitrogen and oxygen atoms in total. The second kappa shape index (κ2) is 8.58. The number of H-pyrrole nitrogens is 1. The van der Waals surface area contributed by atoms with Crippen LogP contribution in [0.15, 0.2) is 70.3 Å². The summed E-state index contributed by atoms with van der Waals surface area (Å²) in [6.07, 6.45) is 0. The van der Waals surface area contributed by atoms with Crippen LogP contribution in [-0.4, -0.2) is 26.7 Å². The highest BCUT2D eigenvalue weighted by molar-refractivity contribution is 5.98. The number of aromatic nitrogens is 2. The molecule has 2 aromatic heterocycles. The monoisotopic (exact) mass is 443 g/mol. The van der Waals surface area contributed by atoms with Crippen LogP contribution in [0.5, 0.6) is 0 Å². The van der Waals surface area contributed by atoms with Gasteiger partial charge < -0.3 is 15.4 Å². The standard InChI is InChI=1S/C25H21N3O5/c1-14-11-15(2)27-23(30)20(14)13-26-25(33)28-21-12-17(8-7-16(21)9-10-22(28)29)18-5-3-4-6-19(18)24(31)32/h3-12H,13H2,1-2H3,(H,26,33)(H,27,30)(H,31,32). The summed E-state index contributed by atoms with van der Waals surface area (Å²) >= 11 is 0. The first-order chi connectivity index (χ1) is 15.8. The molecule has 4 aromatic rings. The average molecular weight is 443 g/mol. The molecule has 0 spiro atoms. The Morgan fingerprint density at radius 1 is 1.00 bits per heavy atom. The van der Waals surface area contributed by atoms with Gasteiger partial charge >= 0.3 is 12.0 Å². The number of carboxylic acids is 1. The summed E-state index contributed by atoms with van der Waals surface area (Å²) in [5.41, 5.74) is 2.46. The topological polar surface area (TPSA) is 121 Å². The van der Waals surface area contributed by atoms with E-state index < -0.39 is 17.6 Å². The molecule has 0 aliphatic carbocycles. The van der Waals surface area contributed by atoms with Crippen LogP contribution in [0.3, 0.4) is 0 Å². The Morgan fingerprint density at radius 2 is 1.73 bits per heavy atom. The summed E-state index contributed by atoms with van der Waals surface area (Å²) in [5, 5.41) is 12.8. The van der Waals surface area contributed by atoms with Crippen LogP contribution in [0.25, 0.3) is 22.0 Å². The molecule has 4 rings (SSSR count). The normalized spacial score (nSPS) is 10.8. The minimum atomic E-state index is -1.08. The van der Waals surface area contributed by atoms with E-state index in [-0.39, 0.29) is 17.7 Å². The molecule has 0 unspecified atom stereocenters. The van der Waals surface area contributed by atoms with E-state index in [1.165, 1.54) is 12.1 Å². The lowest BCUT2D eigenvalue weighted by Crippen LogP contribution is -2.37. The number of pyridine rings is 2. The summed E-state index contributed by atoms with van der Waals surface area (Å²) < 4.78 is 0.986. The van der Waals surface area contributed by atoms with Crippen LogP contribution < -0.4 is 16.4 Å². The van der Waals surface area contributed by atoms with E-state index in [1.54, 1.807) is 62.4 Å². The lowest BCUT2D eigenvalue weighted by Gasteiger charge is -2.13. The number of amides is 1. The van der Waals surface area contributed by atoms with Crippen LogP contribution in [0, 0.1) is 13.8 Å². The Bertz CT molecular complexity index is 1530. The van der Waals surface area contributed by atoms with Crippen LogP contribution >= 0.6 is 0 Å². The molecule has 0 saturated carbocycles. The molecule has 3 N–H and O–H groups in total. The number of benzene rings is 2. The number of carbonyl (C=O) groups is 2. The van der Waals surface area contributed by atoms with Gasteiger partial charge in [0, 0.05) is 17.3 Å². The quantitative estimate of drug-likeness (QED) is 0.446. The Kier molecular flexibility index (Phi) is 5.66. The van der Waals surface area contributed by atoms with Gasteiger partial charge in [-0.05, 0) is 60.2 Å². The third-order valence-corrected chi connectivity index (χ3v) is 5.48. The van der Waals surface area contributed by atoms with E-state index >= 15 is 0 Å². The third kappa shape index (κ3) is 4.18. The molecule has 8 heteroatoms. The number of nitrogens with one attached hydrogen (secondary N) is 2. The molecular formula is C25H21N3O5. The van der Waals surface area contributed by atoms with Crippen molar-refractivity contribution in [3.8, 4) is 11.1 Å². The van der Waals surface area contributed by atoms with E-state index in [1.807, 2.05) is 0 Å². The second-order valence-corrected chi connectivity index (χ2v) is 7.73. The van der Waals surface area contributed by atoms with E-state index in [0.717, 1.165) is 10.1 Å². The molecule has 1 amide bonds. The molecule has 166 valence electrons. The summed E-state index contributed by atoms with van der Waals surface area (Å²) in [5.74, 6) is -1.08. The molecular weight excluding hydrogens is 422 g/mol. The van der Waals surface area contributed by atoms with Crippen LogP contribution in [-0.2, 0) is 6.54 Å². The van der Waals surface area contributed by atoms with Gasteiger partial charge in [-0.15, -0.1) is 0 Å². The first-order valence-electron chi connectivity index (χ1n) is 10.2. The Morgan fingerprint density at radius 3 is 2.45 bits per heavy atom. The third-order valence-electron chi connectivity index (χ3n) is 5.48. The van der Waals surface area contributed by atoms with Gasteiger partial charge in [-0.1, -0.05) is 30.3 Å². The van der Waals surface area contributed by atoms with Crippen molar-refractivity contribution in [3.63, 3.8) is 0 Å². The van der Waals surface area contributed by atoms with Crippen LogP contribution in [0.1, 0.15) is 27.2 Å². The van der Waals surface area contributed by atoms with Gasteiger partial charge in [-0.25, -0.2) is 14.2 Å². The number of carbonyl (C=O) groups excluding carboxylic acids is 1. The Balaban J connectivity index is 1.77. The maximum Gasteiger partial charge on any atom is 0.336 e. The van der Waals surface area contributed by atoms with E-state index in [4.69, 9.17) is 0 Å². The van der Waals surface area contributed by atoms with Crippen molar-refractivity contribution in [3.05, 3.63) is 104 Å². The fourth-order valence-electron chi connectivity index (χ4n) is 3.88. The van der Waals surface area contributed by atoms with Crippen molar-refractivity contribution in [2.75, 3.05) is 0 Å². The van der Waals surface area contributed by atoms with Crippen molar-refractivity contribution < 1.29 is 14.7 Å². The lowest BCUT2D eigenvalue weighted by atomic mass is 9.98. The minimum absolute atomic E-state index is 0.0509. The van der Waals surface area contributed by atoms with Crippen molar-refractivity contribution in [1.29, 1.82) is 0 Å². The number of hydrogen-bond acceptors (Lipinski definition) is 4. The summed E-state index contributed by atoms with van der Waals surface area (Å²) in [6.45, 7) is 3.50. The predicted molar refractivity (Wildman–Crippen MR) is 125 cm³/mol. The molecule has 0 aliphatic heterocycles. The van der Waals surface area contributed by atoms with E-state index in [2.05, 4.69) is 10.3 Å². The first-order valence-corrected chi connectivity index (χ1v) is 10.2. The minimum Gasteiger partial charge on any atom is -0.478 e. The predicted octanol–water partition coefficient (Wildman–Crippen LogP) is 3.43. The molecule has 2 heterocycles. The summed E-state index contributed by atoms with van der Waals surface area (Å²) in [4.78, 5) is 52.2. The fourth-order valence-corrected chi connectivity index (χ4v) is 3.88. The molecule has 0 bridgehead atoms. The number of nitrogens with zero attached hydrogens (tertiary/aromatic N) is 1. The number of fused-ring (bicyclic) bond motifs is 1. The van der Waals surface area contributed by atoms with Crippen LogP contribution in [0.4, 0.5) is 4.79 Å². The SMILES string of the molecule is Cc1cc(C)c(CNC(=O)n2c(=O)ccc3ccc(-c4ccccc4C(=O)O)cc32)c(=O)[nH]1. The van der Waals surface area contributed by atoms with Crippen LogP contribution in [0.2, 0.25) is 0 Å². The number of aromatic amines is 1. The lowest BCUT2D eigenvalue weighted by molar-refractivity contribution is 0.0697. The van der Waals surface area contributed by atoms with Gasteiger partial charge in [0.2, 0.25) is 0 Å². The Hall–Kier alpha value is -4.46. The number of rotatable bonds is 4. The smallest absolute Gasteiger partial charge is 0.336 e. The van der Waals surface area contributed by atoms with E-state index in [9.17, 15) is 24.3 Å². The molecule has 0 fully saturated rings.